The molecule has 0 spiro atoms. The predicted molar refractivity (Wildman–Crippen MR) is 43.4 cm³/mol. The second-order valence-corrected chi connectivity index (χ2v) is 2.26. The molecule has 0 aromatic carbocycles. The number of nitrogens with zero attached hydrogens (tertiary/aromatic N) is 2. The first-order valence-corrected chi connectivity index (χ1v) is 3.32. The third-order valence-electron chi connectivity index (χ3n) is 1.25. The summed E-state index contributed by atoms with van der Waals surface area (Å²) in [4.78, 5) is 8.02. The van der Waals surface area contributed by atoms with Crippen molar-refractivity contribution in [1.29, 1.82) is 0 Å². The molecular weight excluding hydrogens is 132 g/mol. The summed E-state index contributed by atoms with van der Waals surface area (Å²) >= 11 is 4.76. The molecule has 2 nitrogen and oxygen atoms in total. The normalized spacial score (nSPS) is 17.8. The molecule has 1 heterocycles. The van der Waals surface area contributed by atoms with E-state index in [0.717, 1.165) is 17.8 Å². The molecule has 0 fully saturated rings. The maximum atomic E-state index is 4.76. The summed E-state index contributed by atoms with van der Waals surface area (Å²) < 4.78 is 0. The van der Waals surface area contributed by atoms with E-state index >= 15 is 0 Å². The zero-order valence-corrected chi connectivity index (χ0v) is 6.33. The molecule has 0 aromatic heterocycles. The Morgan fingerprint density at radius 1 is 1.44 bits per heavy atom. The topological polar surface area (TPSA) is 24.7 Å². The van der Waals surface area contributed by atoms with E-state index in [2.05, 4.69) is 9.98 Å². The molecule has 48 valence electrons. The van der Waals surface area contributed by atoms with Crippen molar-refractivity contribution in [3.05, 3.63) is 0 Å². The van der Waals surface area contributed by atoms with Crippen LogP contribution in [-0.2, 0) is 0 Å². The molecule has 0 unspecified atom stereocenters. The predicted octanol–water partition coefficient (Wildman–Crippen LogP) is 1.60. The van der Waals surface area contributed by atoms with Gasteiger partial charge in [-0.2, -0.15) is 0 Å². The number of hydrogen-bond donors (Lipinski definition) is 0. The average molecular weight is 140 g/mol. The van der Waals surface area contributed by atoms with Gasteiger partial charge in [0.15, 0.2) is 0 Å². The van der Waals surface area contributed by atoms with Crippen molar-refractivity contribution in [2.24, 2.45) is 9.98 Å². The first-order valence-electron chi connectivity index (χ1n) is 2.91. The number of hydrogen-bond acceptors (Lipinski definition) is 1. The molecule has 0 saturated heterocycles. The lowest BCUT2D eigenvalue weighted by Crippen LogP contribution is -2.03. The van der Waals surface area contributed by atoms with Gasteiger partial charge in [-0.15, -0.1) is 0 Å². The summed E-state index contributed by atoms with van der Waals surface area (Å²) in [5.74, 6) is 0. The molecular formula is C6H8N2S. The molecule has 0 saturated carbocycles. The van der Waals surface area contributed by atoms with Gasteiger partial charge in [-0.25, -0.2) is 9.98 Å². The molecule has 0 N–H and O–H groups in total. The van der Waals surface area contributed by atoms with E-state index in [4.69, 9.17) is 12.2 Å². The Bertz CT molecular complexity index is 203. The van der Waals surface area contributed by atoms with Crippen LogP contribution in [0.4, 0.5) is 0 Å². The van der Waals surface area contributed by atoms with Crippen molar-refractivity contribution < 1.29 is 0 Å². The fraction of sp³-hybridized carbons (Fsp3) is 0.500. The van der Waals surface area contributed by atoms with Crippen molar-refractivity contribution in [1.82, 2.24) is 0 Å². The fourth-order valence-electron chi connectivity index (χ4n) is 0.764. The third kappa shape index (κ3) is 1.21. The van der Waals surface area contributed by atoms with Gasteiger partial charge in [0, 0.05) is 0 Å². The maximum absolute atomic E-state index is 4.76. The van der Waals surface area contributed by atoms with Crippen molar-refractivity contribution >= 4 is 28.8 Å². The SMILES string of the molecule is CCC1=NC(=S)N=C1C. The van der Waals surface area contributed by atoms with E-state index in [0.29, 0.717) is 5.11 Å². The van der Waals surface area contributed by atoms with Gasteiger partial charge in [-0.05, 0) is 25.6 Å². The Kier molecular flexibility index (Phi) is 1.71. The standard InChI is InChI=1S/C6H8N2S/c1-3-5-4(2)7-6(9)8-5/h3H2,1-2H3. The minimum absolute atomic E-state index is 0.476. The Hall–Kier alpha value is -0.570. The van der Waals surface area contributed by atoms with Crippen LogP contribution in [-0.4, -0.2) is 16.5 Å². The monoisotopic (exact) mass is 140 g/mol. The number of aliphatic imine (C=N–C) groups is 2. The van der Waals surface area contributed by atoms with E-state index in [1.165, 1.54) is 0 Å². The lowest BCUT2D eigenvalue weighted by Gasteiger charge is -1.89. The molecule has 9 heavy (non-hydrogen) atoms. The van der Waals surface area contributed by atoms with Gasteiger partial charge in [-0.1, -0.05) is 6.92 Å². The van der Waals surface area contributed by atoms with Crippen molar-refractivity contribution in [2.75, 3.05) is 0 Å². The lowest BCUT2D eigenvalue weighted by atomic mass is 10.2. The van der Waals surface area contributed by atoms with Gasteiger partial charge in [0.1, 0.15) is 0 Å². The number of thiocarbonyl (C=S) groups is 1. The maximum Gasteiger partial charge on any atom is 0.219 e. The van der Waals surface area contributed by atoms with E-state index < -0.39 is 0 Å². The zero-order valence-electron chi connectivity index (χ0n) is 5.51. The second-order valence-electron chi connectivity index (χ2n) is 1.89. The summed E-state index contributed by atoms with van der Waals surface area (Å²) in [5, 5.41) is 0.476. The first kappa shape index (κ1) is 6.55. The van der Waals surface area contributed by atoms with Crippen LogP contribution in [0.15, 0.2) is 9.98 Å². The van der Waals surface area contributed by atoms with Gasteiger partial charge in [-0.3, -0.25) is 0 Å². The molecule has 0 amide bonds. The molecule has 1 rings (SSSR count). The minimum Gasteiger partial charge on any atom is -0.222 e. The van der Waals surface area contributed by atoms with Crippen molar-refractivity contribution in [3.8, 4) is 0 Å². The quantitative estimate of drug-likeness (QED) is 0.508. The molecule has 0 aliphatic carbocycles. The van der Waals surface area contributed by atoms with Crippen LogP contribution >= 0.6 is 12.2 Å². The summed E-state index contributed by atoms with van der Waals surface area (Å²) in [6.07, 6.45) is 0.926. The summed E-state index contributed by atoms with van der Waals surface area (Å²) in [6, 6.07) is 0. The van der Waals surface area contributed by atoms with Gasteiger partial charge in [0.2, 0.25) is 5.11 Å². The van der Waals surface area contributed by atoms with Gasteiger partial charge < -0.3 is 0 Å². The molecule has 3 heteroatoms. The van der Waals surface area contributed by atoms with Gasteiger partial charge in [0.25, 0.3) is 0 Å². The fourth-order valence-corrected chi connectivity index (χ4v) is 1.01. The zero-order chi connectivity index (χ0) is 6.85. The highest BCUT2D eigenvalue weighted by atomic mass is 32.1. The average Bonchev–Trinajstić information content (AvgIpc) is 2.10. The molecule has 0 atom stereocenters. The molecule has 0 radical (unpaired) electrons. The van der Waals surface area contributed by atoms with Crippen LogP contribution < -0.4 is 0 Å². The largest absolute Gasteiger partial charge is 0.222 e. The van der Waals surface area contributed by atoms with Crippen LogP contribution in [0.5, 0.6) is 0 Å². The highest BCUT2D eigenvalue weighted by Crippen LogP contribution is 2.01. The number of rotatable bonds is 1. The van der Waals surface area contributed by atoms with E-state index in [-0.39, 0.29) is 0 Å². The van der Waals surface area contributed by atoms with Crippen LogP contribution in [0.1, 0.15) is 20.3 Å². The van der Waals surface area contributed by atoms with Gasteiger partial charge >= 0.3 is 0 Å². The first-order chi connectivity index (χ1) is 4.24. The van der Waals surface area contributed by atoms with Crippen LogP contribution in [0, 0.1) is 0 Å². The Balaban J connectivity index is 2.87. The molecule has 0 bridgehead atoms. The summed E-state index contributed by atoms with van der Waals surface area (Å²) in [7, 11) is 0. The molecule has 1 aliphatic heterocycles. The Morgan fingerprint density at radius 3 is 2.33 bits per heavy atom. The second kappa shape index (κ2) is 2.35. The molecule has 1 aliphatic rings. The van der Waals surface area contributed by atoms with Crippen LogP contribution in [0.2, 0.25) is 0 Å². The minimum atomic E-state index is 0.476. The van der Waals surface area contributed by atoms with E-state index in [1.807, 2.05) is 13.8 Å². The Morgan fingerprint density at radius 2 is 2.11 bits per heavy atom. The Labute approximate surface area is 59.7 Å². The third-order valence-corrected chi connectivity index (χ3v) is 1.43. The van der Waals surface area contributed by atoms with E-state index in [9.17, 15) is 0 Å². The van der Waals surface area contributed by atoms with Gasteiger partial charge in [0.05, 0.1) is 11.4 Å². The molecule has 0 aromatic rings. The highest BCUT2D eigenvalue weighted by molar-refractivity contribution is 7.80. The van der Waals surface area contributed by atoms with Crippen LogP contribution in [0.25, 0.3) is 0 Å². The van der Waals surface area contributed by atoms with Crippen LogP contribution in [0.3, 0.4) is 0 Å². The van der Waals surface area contributed by atoms with Crippen molar-refractivity contribution in [3.63, 3.8) is 0 Å². The van der Waals surface area contributed by atoms with E-state index in [1.54, 1.807) is 0 Å². The lowest BCUT2D eigenvalue weighted by molar-refractivity contribution is 1.31. The highest BCUT2D eigenvalue weighted by Gasteiger charge is 2.08. The summed E-state index contributed by atoms with van der Waals surface area (Å²) in [5.41, 5.74) is 2.00. The smallest absolute Gasteiger partial charge is 0.219 e. The summed E-state index contributed by atoms with van der Waals surface area (Å²) in [6.45, 7) is 3.98. The van der Waals surface area contributed by atoms with Crippen molar-refractivity contribution in [2.45, 2.75) is 20.3 Å².